The lowest BCUT2D eigenvalue weighted by molar-refractivity contribution is 0.00852. The summed E-state index contributed by atoms with van der Waals surface area (Å²) in [5, 5.41) is 0. The van der Waals surface area contributed by atoms with Gasteiger partial charge in [-0.2, -0.15) is 0 Å². The third kappa shape index (κ3) is 4.34. The van der Waals surface area contributed by atoms with Gasteiger partial charge in [0, 0.05) is 12.6 Å². The second kappa shape index (κ2) is 7.36. The van der Waals surface area contributed by atoms with Crippen molar-refractivity contribution in [2.45, 2.75) is 38.8 Å². The molecule has 5 heteroatoms. The number of halogens is 1. The van der Waals surface area contributed by atoms with Crippen LogP contribution in [0.1, 0.15) is 37.9 Å². The minimum atomic E-state index is -0.567. The van der Waals surface area contributed by atoms with Crippen LogP contribution in [0.5, 0.6) is 5.75 Å². The number of benzene rings is 2. The summed E-state index contributed by atoms with van der Waals surface area (Å²) < 4.78 is 24.8. The van der Waals surface area contributed by atoms with Gasteiger partial charge in [-0.25, -0.2) is 9.18 Å². The highest BCUT2D eigenvalue weighted by Crippen LogP contribution is 2.31. The molecule has 0 aromatic heterocycles. The molecule has 0 N–H and O–H groups in total. The summed E-state index contributed by atoms with van der Waals surface area (Å²) in [6, 6.07) is 13.8. The normalized spacial score (nSPS) is 16.8. The second-order valence-electron chi connectivity index (χ2n) is 7.41. The largest absolute Gasteiger partial charge is 0.491 e. The fraction of sp³-hybridized carbons (Fsp3) is 0.381. The Bertz CT molecular complexity index is 785. The number of hydrogen-bond donors (Lipinski definition) is 0. The Hall–Kier alpha value is -2.56. The predicted molar refractivity (Wildman–Crippen MR) is 97.7 cm³/mol. The molecule has 0 fully saturated rings. The topological polar surface area (TPSA) is 38.8 Å². The minimum absolute atomic E-state index is 0.236. The molecular weight excluding hydrogens is 333 g/mol. The van der Waals surface area contributed by atoms with Gasteiger partial charge < -0.3 is 9.47 Å². The maximum atomic E-state index is 13.4. The van der Waals surface area contributed by atoms with Crippen molar-refractivity contribution in [2.75, 3.05) is 13.2 Å². The average Bonchev–Trinajstić information content (AvgIpc) is 2.58. The van der Waals surface area contributed by atoms with Crippen LogP contribution in [0.2, 0.25) is 0 Å². The molecule has 1 aliphatic heterocycles. The van der Waals surface area contributed by atoms with Crippen LogP contribution in [-0.2, 0) is 11.2 Å². The highest BCUT2D eigenvalue weighted by molar-refractivity contribution is 5.69. The fourth-order valence-electron chi connectivity index (χ4n) is 3.10. The van der Waals surface area contributed by atoms with Crippen LogP contribution in [0.15, 0.2) is 48.5 Å². The lowest BCUT2D eigenvalue weighted by Crippen LogP contribution is -2.45. The van der Waals surface area contributed by atoms with E-state index in [0.717, 1.165) is 12.0 Å². The molecule has 0 saturated heterocycles. The van der Waals surface area contributed by atoms with E-state index < -0.39 is 5.60 Å². The Kier molecular flexibility index (Phi) is 5.16. The summed E-state index contributed by atoms with van der Waals surface area (Å²) in [6.07, 6.45) is 0.408. The molecule has 26 heavy (non-hydrogen) atoms. The predicted octanol–water partition coefficient (Wildman–Crippen LogP) is 4.74. The van der Waals surface area contributed by atoms with E-state index in [1.807, 2.05) is 39.0 Å². The van der Waals surface area contributed by atoms with Crippen molar-refractivity contribution in [3.63, 3.8) is 0 Å². The van der Waals surface area contributed by atoms with Gasteiger partial charge in [-0.05, 0) is 50.5 Å². The first-order chi connectivity index (χ1) is 12.3. The monoisotopic (exact) mass is 357 g/mol. The molecule has 0 unspecified atom stereocenters. The Morgan fingerprint density at radius 1 is 1.19 bits per heavy atom. The average molecular weight is 357 g/mol. The zero-order valence-electron chi connectivity index (χ0n) is 15.4. The van der Waals surface area contributed by atoms with Crippen molar-refractivity contribution >= 4 is 6.09 Å². The molecule has 0 bridgehead atoms. The van der Waals surface area contributed by atoms with Gasteiger partial charge in [-0.15, -0.1) is 0 Å². The highest BCUT2D eigenvalue weighted by Gasteiger charge is 2.34. The third-order valence-electron chi connectivity index (χ3n) is 4.24. The first kappa shape index (κ1) is 18.2. The number of amides is 1. The first-order valence-corrected chi connectivity index (χ1v) is 8.79. The number of hydrogen-bond acceptors (Lipinski definition) is 3. The maximum Gasteiger partial charge on any atom is 0.410 e. The first-order valence-electron chi connectivity index (χ1n) is 8.79. The summed E-state index contributed by atoms with van der Waals surface area (Å²) in [5.74, 6) is 0.0905. The van der Waals surface area contributed by atoms with Gasteiger partial charge in [-0.1, -0.05) is 30.3 Å². The van der Waals surface area contributed by atoms with Gasteiger partial charge in [0.05, 0.1) is 6.04 Å². The number of carbonyl (C=O) groups excluding carboxylic acids is 1. The molecule has 1 aliphatic rings. The van der Waals surface area contributed by atoms with Crippen LogP contribution < -0.4 is 4.74 Å². The molecule has 1 heterocycles. The van der Waals surface area contributed by atoms with Crippen LogP contribution in [0, 0.1) is 5.82 Å². The van der Waals surface area contributed by atoms with E-state index >= 15 is 0 Å². The summed E-state index contributed by atoms with van der Waals surface area (Å²) >= 11 is 0. The molecule has 2 aromatic carbocycles. The van der Waals surface area contributed by atoms with E-state index in [2.05, 4.69) is 6.07 Å². The van der Waals surface area contributed by atoms with Crippen LogP contribution >= 0.6 is 0 Å². The molecule has 0 spiro atoms. The molecular formula is C21H24FNO3. The van der Waals surface area contributed by atoms with E-state index in [9.17, 15) is 9.18 Å². The van der Waals surface area contributed by atoms with Crippen molar-refractivity contribution in [1.82, 2.24) is 4.90 Å². The standard InChI is InChI=1S/C21H24FNO3/c1-21(2,3)26-20(24)23-12-11-15-7-4-5-10-18(15)19(23)14-25-17-9-6-8-16(22)13-17/h4-10,13,19H,11-12,14H2,1-3H3/t19-/m1/s1. The third-order valence-corrected chi connectivity index (χ3v) is 4.24. The van der Waals surface area contributed by atoms with E-state index in [-0.39, 0.29) is 24.6 Å². The summed E-state index contributed by atoms with van der Waals surface area (Å²) in [5.41, 5.74) is 1.67. The molecule has 0 radical (unpaired) electrons. The quantitative estimate of drug-likeness (QED) is 0.796. The van der Waals surface area contributed by atoms with Gasteiger partial charge in [-0.3, -0.25) is 4.90 Å². The Morgan fingerprint density at radius 2 is 1.96 bits per heavy atom. The lowest BCUT2D eigenvalue weighted by atomic mass is 9.93. The highest BCUT2D eigenvalue weighted by atomic mass is 19.1. The Morgan fingerprint density at radius 3 is 2.69 bits per heavy atom. The fourth-order valence-corrected chi connectivity index (χ4v) is 3.10. The summed E-state index contributed by atoms with van der Waals surface area (Å²) in [7, 11) is 0. The molecule has 1 amide bonds. The van der Waals surface area contributed by atoms with Gasteiger partial charge in [0.2, 0.25) is 0 Å². The van der Waals surface area contributed by atoms with Crippen molar-refractivity contribution in [1.29, 1.82) is 0 Å². The molecule has 0 saturated carbocycles. The summed E-state index contributed by atoms with van der Waals surface area (Å²) in [6.45, 7) is 6.34. The number of rotatable bonds is 3. The Balaban J connectivity index is 1.83. The number of fused-ring (bicyclic) bond motifs is 1. The summed E-state index contributed by atoms with van der Waals surface area (Å²) in [4.78, 5) is 14.4. The van der Waals surface area contributed by atoms with E-state index in [4.69, 9.17) is 9.47 Å². The van der Waals surface area contributed by atoms with Crippen molar-refractivity contribution in [3.05, 3.63) is 65.5 Å². The van der Waals surface area contributed by atoms with Crippen LogP contribution in [0.4, 0.5) is 9.18 Å². The van der Waals surface area contributed by atoms with Crippen LogP contribution in [0.25, 0.3) is 0 Å². The number of nitrogens with zero attached hydrogens (tertiary/aromatic N) is 1. The van der Waals surface area contributed by atoms with E-state index in [0.29, 0.717) is 12.3 Å². The zero-order valence-corrected chi connectivity index (χ0v) is 15.4. The van der Waals surface area contributed by atoms with Gasteiger partial charge in [0.1, 0.15) is 23.8 Å². The Labute approximate surface area is 153 Å². The van der Waals surface area contributed by atoms with E-state index in [1.165, 1.54) is 17.7 Å². The van der Waals surface area contributed by atoms with E-state index in [1.54, 1.807) is 17.0 Å². The van der Waals surface area contributed by atoms with Gasteiger partial charge in [0.25, 0.3) is 0 Å². The molecule has 1 atom stereocenters. The van der Waals surface area contributed by atoms with Crippen LogP contribution in [0.3, 0.4) is 0 Å². The molecule has 0 aliphatic carbocycles. The van der Waals surface area contributed by atoms with Crippen molar-refractivity contribution in [2.24, 2.45) is 0 Å². The molecule has 2 aromatic rings. The molecule has 138 valence electrons. The lowest BCUT2D eigenvalue weighted by Gasteiger charge is -2.37. The molecule has 3 rings (SSSR count). The van der Waals surface area contributed by atoms with Crippen molar-refractivity contribution < 1.29 is 18.7 Å². The van der Waals surface area contributed by atoms with Crippen molar-refractivity contribution in [3.8, 4) is 5.75 Å². The van der Waals surface area contributed by atoms with Crippen LogP contribution in [-0.4, -0.2) is 29.7 Å². The van der Waals surface area contributed by atoms with Gasteiger partial charge in [0.15, 0.2) is 0 Å². The molecule has 4 nitrogen and oxygen atoms in total. The SMILES string of the molecule is CC(C)(C)OC(=O)N1CCc2ccccc2[C@H]1COc1cccc(F)c1. The van der Waals surface area contributed by atoms with Gasteiger partial charge >= 0.3 is 6.09 Å². The zero-order chi connectivity index (χ0) is 18.7. The smallest absolute Gasteiger partial charge is 0.410 e. The number of ether oxygens (including phenoxy) is 2. The maximum absolute atomic E-state index is 13.4. The second-order valence-corrected chi connectivity index (χ2v) is 7.41. The number of carbonyl (C=O) groups is 1. The minimum Gasteiger partial charge on any atom is -0.491 e.